The zero-order chi connectivity index (χ0) is 13.0. The molecule has 1 aromatic rings. The van der Waals surface area contributed by atoms with Gasteiger partial charge in [-0.25, -0.2) is 4.98 Å². The highest BCUT2D eigenvalue weighted by atomic mass is 15.2. The lowest BCUT2D eigenvalue weighted by atomic mass is 10.1. The van der Waals surface area contributed by atoms with Crippen molar-refractivity contribution in [2.24, 2.45) is 5.92 Å². The summed E-state index contributed by atoms with van der Waals surface area (Å²) in [4.78, 5) is 7.11. The first kappa shape index (κ1) is 13.3. The van der Waals surface area contributed by atoms with Crippen LogP contribution in [0.5, 0.6) is 0 Å². The van der Waals surface area contributed by atoms with Crippen molar-refractivity contribution in [1.82, 2.24) is 10.3 Å². The molecule has 18 heavy (non-hydrogen) atoms. The molecule has 0 bridgehead atoms. The summed E-state index contributed by atoms with van der Waals surface area (Å²) in [5.41, 5.74) is 2.59. The van der Waals surface area contributed by atoms with Crippen molar-refractivity contribution in [2.45, 2.75) is 40.2 Å². The van der Waals surface area contributed by atoms with Gasteiger partial charge in [-0.2, -0.15) is 0 Å². The number of aromatic nitrogens is 1. The van der Waals surface area contributed by atoms with Crippen molar-refractivity contribution < 1.29 is 0 Å². The van der Waals surface area contributed by atoms with E-state index in [1.165, 1.54) is 42.9 Å². The van der Waals surface area contributed by atoms with E-state index in [9.17, 15) is 0 Å². The van der Waals surface area contributed by atoms with Crippen LogP contribution < -0.4 is 10.2 Å². The summed E-state index contributed by atoms with van der Waals surface area (Å²) in [7, 11) is 0. The number of aryl methyl sites for hydroxylation is 1. The molecule has 2 rings (SSSR count). The van der Waals surface area contributed by atoms with Gasteiger partial charge in [0.2, 0.25) is 0 Å². The summed E-state index contributed by atoms with van der Waals surface area (Å²) in [6.45, 7) is 10.9. The second-order valence-corrected chi connectivity index (χ2v) is 5.27. The molecule has 2 heterocycles. The number of anilines is 1. The molecule has 0 spiro atoms. The van der Waals surface area contributed by atoms with Crippen molar-refractivity contribution in [3.05, 3.63) is 23.4 Å². The first-order valence-electron chi connectivity index (χ1n) is 7.15. The zero-order valence-electron chi connectivity index (χ0n) is 11.9. The Morgan fingerprint density at radius 2 is 2.28 bits per heavy atom. The normalized spacial score (nSPS) is 19.5. The van der Waals surface area contributed by atoms with E-state index in [2.05, 4.69) is 42.0 Å². The molecular weight excluding hydrogens is 222 g/mol. The lowest BCUT2D eigenvalue weighted by molar-refractivity contribution is 0.568. The Kier molecular flexibility index (Phi) is 4.59. The van der Waals surface area contributed by atoms with E-state index in [0.29, 0.717) is 0 Å². The Morgan fingerprint density at radius 3 is 2.89 bits per heavy atom. The number of hydrogen-bond acceptors (Lipinski definition) is 3. The Labute approximate surface area is 111 Å². The predicted octanol–water partition coefficient (Wildman–Crippen LogP) is 2.74. The number of rotatable bonds is 5. The predicted molar refractivity (Wildman–Crippen MR) is 77.0 cm³/mol. The van der Waals surface area contributed by atoms with Gasteiger partial charge in [0.25, 0.3) is 0 Å². The van der Waals surface area contributed by atoms with Crippen LogP contribution in [0.2, 0.25) is 0 Å². The monoisotopic (exact) mass is 247 g/mol. The smallest absolute Gasteiger partial charge is 0.131 e. The van der Waals surface area contributed by atoms with Crippen LogP contribution in [0.1, 0.15) is 37.8 Å². The molecule has 1 fully saturated rings. The fraction of sp³-hybridized carbons (Fsp3) is 0.667. The first-order chi connectivity index (χ1) is 8.74. The van der Waals surface area contributed by atoms with Crippen LogP contribution in [-0.2, 0) is 6.54 Å². The van der Waals surface area contributed by atoms with Crippen LogP contribution in [-0.4, -0.2) is 24.6 Å². The second-order valence-electron chi connectivity index (χ2n) is 5.27. The molecular formula is C15H25N3. The number of nitrogens with one attached hydrogen (secondary N) is 1. The third-order valence-electron chi connectivity index (χ3n) is 3.85. The van der Waals surface area contributed by atoms with Crippen LogP contribution in [0.3, 0.4) is 0 Å². The highest BCUT2D eigenvalue weighted by Crippen LogP contribution is 2.26. The van der Waals surface area contributed by atoms with Gasteiger partial charge in [0.1, 0.15) is 5.82 Å². The third kappa shape index (κ3) is 3.02. The van der Waals surface area contributed by atoms with Gasteiger partial charge in [0.05, 0.1) is 0 Å². The summed E-state index contributed by atoms with van der Waals surface area (Å²) >= 11 is 0. The van der Waals surface area contributed by atoms with Gasteiger partial charge in [0, 0.05) is 25.8 Å². The fourth-order valence-electron chi connectivity index (χ4n) is 2.68. The van der Waals surface area contributed by atoms with E-state index in [1.807, 2.05) is 6.20 Å². The summed E-state index contributed by atoms with van der Waals surface area (Å²) in [6, 6.07) is 2.27. The average molecular weight is 247 g/mol. The molecule has 0 aromatic carbocycles. The van der Waals surface area contributed by atoms with E-state index < -0.39 is 0 Å². The Bertz CT molecular complexity index is 389. The Balaban J connectivity index is 2.05. The van der Waals surface area contributed by atoms with Crippen molar-refractivity contribution in [2.75, 3.05) is 24.5 Å². The molecule has 1 atom stereocenters. The summed E-state index contributed by atoms with van der Waals surface area (Å²) < 4.78 is 0. The molecule has 1 aliphatic rings. The van der Waals surface area contributed by atoms with Crippen molar-refractivity contribution >= 4 is 5.82 Å². The number of pyridine rings is 1. The zero-order valence-corrected chi connectivity index (χ0v) is 11.9. The highest BCUT2D eigenvalue weighted by molar-refractivity contribution is 5.48. The SMILES string of the molecule is CCNCc1cnc(N2CCC(CC)C2)c(C)c1. The third-order valence-corrected chi connectivity index (χ3v) is 3.85. The molecule has 1 aliphatic heterocycles. The van der Waals surface area contributed by atoms with Crippen molar-refractivity contribution in [1.29, 1.82) is 0 Å². The van der Waals surface area contributed by atoms with Crippen LogP contribution in [0, 0.1) is 12.8 Å². The molecule has 1 N–H and O–H groups in total. The molecule has 1 aromatic heterocycles. The van der Waals surface area contributed by atoms with Crippen LogP contribution in [0.25, 0.3) is 0 Å². The maximum atomic E-state index is 4.67. The Hall–Kier alpha value is -1.09. The van der Waals surface area contributed by atoms with Crippen LogP contribution in [0.15, 0.2) is 12.3 Å². The van der Waals surface area contributed by atoms with Crippen molar-refractivity contribution in [3.8, 4) is 0 Å². The molecule has 0 aliphatic carbocycles. The molecule has 0 saturated carbocycles. The fourth-order valence-corrected chi connectivity index (χ4v) is 2.68. The minimum Gasteiger partial charge on any atom is -0.356 e. The van der Waals surface area contributed by atoms with Gasteiger partial charge >= 0.3 is 0 Å². The highest BCUT2D eigenvalue weighted by Gasteiger charge is 2.22. The first-order valence-corrected chi connectivity index (χ1v) is 7.15. The standard InChI is InChI=1S/C15H25N3/c1-4-13-6-7-18(11-13)15-12(3)8-14(10-17-15)9-16-5-2/h8,10,13,16H,4-7,9,11H2,1-3H3. The lowest BCUT2D eigenvalue weighted by Gasteiger charge is -2.20. The van der Waals surface area contributed by atoms with Gasteiger partial charge in [-0.3, -0.25) is 0 Å². The minimum atomic E-state index is 0.854. The maximum absolute atomic E-state index is 4.67. The quantitative estimate of drug-likeness (QED) is 0.867. The van der Waals surface area contributed by atoms with Gasteiger partial charge in [0.15, 0.2) is 0 Å². The summed E-state index contributed by atoms with van der Waals surface area (Å²) in [5, 5.41) is 3.34. The summed E-state index contributed by atoms with van der Waals surface area (Å²) in [6.07, 6.45) is 4.62. The van der Waals surface area contributed by atoms with Crippen LogP contribution >= 0.6 is 0 Å². The second kappa shape index (κ2) is 6.19. The lowest BCUT2D eigenvalue weighted by Crippen LogP contribution is -2.22. The largest absolute Gasteiger partial charge is 0.356 e. The molecule has 100 valence electrons. The Morgan fingerprint density at radius 1 is 1.44 bits per heavy atom. The van der Waals surface area contributed by atoms with Gasteiger partial charge in [-0.05, 0) is 43.0 Å². The molecule has 0 radical (unpaired) electrons. The van der Waals surface area contributed by atoms with Crippen molar-refractivity contribution in [3.63, 3.8) is 0 Å². The van der Waals surface area contributed by atoms with E-state index in [-0.39, 0.29) is 0 Å². The van der Waals surface area contributed by atoms with E-state index in [4.69, 9.17) is 0 Å². The maximum Gasteiger partial charge on any atom is 0.131 e. The van der Waals surface area contributed by atoms with Gasteiger partial charge < -0.3 is 10.2 Å². The topological polar surface area (TPSA) is 28.2 Å². The van der Waals surface area contributed by atoms with E-state index in [1.54, 1.807) is 0 Å². The molecule has 3 heteroatoms. The van der Waals surface area contributed by atoms with Crippen LogP contribution in [0.4, 0.5) is 5.82 Å². The number of hydrogen-bond donors (Lipinski definition) is 1. The molecule has 1 unspecified atom stereocenters. The van der Waals surface area contributed by atoms with E-state index in [0.717, 1.165) is 19.0 Å². The minimum absolute atomic E-state index is 0.854. The van der Waals surface area contributed by atoms with Gasteiger partial charge in [-0.15, -0.1) is 0 Å². The molecule has 0 amide bonds. The molecule has 1 saturated heterocycles. The molecule has 3 nitrogen and oxygen atoms in total. The average Bonchev–Trinajstić information content (AvgIpc) is 2.85. The van der Waals surface area contributed by atoms with E-state index >= 15 is 0 Å². The summed E-state index contributed by atoms with van der Waals surface area (Å²) in [5.74, 6) is 2.04. The number of nitrogens with zero attached hydrogens (tertiary/aromatic N) is 2. The van der Waals surface area contributed by atoms with Gasteiger partial charge in [-0.1, -0.05) is 20.3 Å².